The fraction of sp³-hybridized carbons (Fsp3) is 0.579. The van der Waals surface area contributed by atoms with Gasteiger partial charge in [0.25, 0.3) is 0 Å². The van der Waals surface area contributed by atoms with Gasteiger partial charge in [-0.3, -0.25) is 9.59 Å². The van der Waals surface area contributed by atoms with Crippen molar-refractivity contribution in [3.63, 3.8) is 0 Å². The summed E-state index contributed by atoms with van der Waals surface area (Å²) in [6.07, 6.45) is -13.7. The van der Waals surface area contributed by atoms with Gasteiger partial charge >= 0.3 is 29.9 Å². The lowest BCUT2D eigenvalue weighted by Crippen LogP contribution is -2.36. The highest BCUT2D eigenvalue weighted by Gasteiger charge is 2.56. The van der Waals surface area contributed by atoms with E-state index < -0.39 is 115 Å². The van der Waals surface area contributed by atoms with Gasteiger partial charge in [0.15, 0.2) is 48.7 Å². The number of nitrogens with zero attached hydrogens (tertiary/aromatic N) is 6. The summed E-state index contributed by atoms with van der Waals surface area (Å²) in [4.78, 5) is 48.8. The smallest absolute Gasteiger partial charge is 0.358 e. The van der Waals surface area contributed by atoms with Crippen LogP contribution in [0.25, 0.3) is 0 Å². The van der Waals surface area contributed by atoms with Crippen molar-refractivity contribution < 1.29 is 63.3 Å². The second kappa shape index (κ2) is 14.0. The predicted octanol–water partition coefficient (Wildman–Crippen LogP) is 4.98. The molecular formula is C19H18F10N6O6. The summed E-state index contributed by atoms with van der Waals surface area (Å²) < 4.78 is 123. The Morgan fingerprint density at radius 2 is 1.10 bits per heavy atom. The van der Waals surface area contributed by atoms with Gasteiger partial charge in [0.2, 0.25) is 0 Å². The summed E-state index contributed by atoms with van der Waals surface area (Å²) in [6, 6.07) is 0. The van der Waals surface area contributed by atoms with Gasteiger partial charge in [-0.1, -0.05) is 0 Å². The number of nitro groups is 2. The molecule has 0 fully saturated rings. The average Bonchev–Trinajstić information content (AvgIpc) is 3.44. The highest BCUT2D eigenvalue weighted by Crippen LogP contribution is 2.39. The minimum atomic E-state index is -5.78. The molecule has 0 atom stereocenters. The van der Waals surface area contributed by atoms with Crippen molar-refractivity contribution in [2.75, 3.05) is 0 Å². The highest BCUT2D eigenvalue weighted by molar-refractivity contribution is 5.79. The fourth-order valence-corrected chi connectivity index (χ4v) is 2.93. The van der Waals surface area contributed by atoms with E-state index in [0.717, 1.165) is 17.2 Å². The van der Waals surface area contributed by atoms with Crippen LogP contribution in [0.2, 0.25) is 0 Å². The van der Waals surface area contributed by atoms with Crippen molar-refractivity contribution in [1.82, 2.24) is 19.1 Å². The molecule has 22 heteroatoms. The average molecular weight is 616 g/mol. The summed E-state index contributed by atoms with van der Waals surface area (Å²) in [6.45, 7) is -3.97. The number of halogens is 10. The number of rotatable bonds is 13. The molecule has 230 valence electrons. The lowest BCUT2D eigenvalue weighted by molar-refractivity contribution is -0.393. The third kappa shape index (κ3) is 10.4. The van der Waals surface area contributed by atoms with Crippen LogP contribution in [0.3, 0.4) is 0 Å². The number of alkyl halides is 10. The van der Waals surface area contributed by atoms with Gasteiger partial charge in [-0.25, -0.2) is 27.9 Å². The van der Waals surface area contributed by atoms with Crippen LogP contribution in [0.1, 0.15) is 37.1 Å². The Morgan fingerprint density at radius 3 is 1.39 bits per heavy atom. The van der Waals surface area contributed by atoms with E-state index in [4.69, 9.17) is 0 Å². The Balaban J connectivity index is 0.000000414. The normalized spacial score (nSPS) is 12.0. The first kappa shape index (κ1) is 34.9. The summed E-state index contributed by atoms with van der Waals surface area (Å²) in [5.74, 6) is -8.55. The van der Waals surface area contributed by atoms with E-state index in [0.29, 0.717) is 4.57 Å². The van der Waals surface area contributed by atoms with Crippen LogP contribution >= 0.6 is 0 Å². The van der Waals surface area contributed by atoms with Crippen molar-refractivity contribution in [3.8, 4) is 0 Å². The molecule has 0 radical (unpaired) electrons. The molecule has 0 amide bonds. The van der Waals surface area contributed by atoms with E-state index in [9.17, 15) is 73.7 Å². The van der Waals surface area contributed by atoms with Crippen LogP contribution in [0, 0.1) is 20.2 Å². The molecule has 0 saturated carbocycles. The zero-order valence-electron chi connectivity index (χ0n) is 20.2. The van der Waals surface area contributed by atoms with Crippen LogP contribution in [-0.4, -0.2) is 58.8 Å². The number of aromatic nitrogens is 4. The molecule has 0 aliphatic heterocycles. The zero-order valence-corrected chi connectivity index (χ0v) is 20.2. The maximum atomic E-state index is 12.6. The second-order valence-electron chi connectivity index (χ2n) is 7.96. The molecule has 0 aromatic carbocycles. The monoisotopic (exact) mass is 616 g/mol. The SMILES string of the molecule is O=C(CCC(F)(F)C(F)(F)F)Cn1cnc(CF)c1[N+](=O)[O-].O=C(CCC(F)(F)F)Cn1cnc(CF)c1[N+](=O)[O-]. The van der Waals surface area contributed by atoms with E-state index >= 15 is 0 Å². The number of hydrogen-bond donors (Lipinski definition) is 0. The summed E-state index contributed by atoms with van der Waals surface area (Å²) in [5.41, 5.74) is -1.04. The standard InChI is InChI=1S/C10H9F6N3O3.C9H9F4N3O3/c11-3-7-8(19(21)22)18(5-17-7)4-6(20)1-2-9(12,13)10(14,15)16;10-3-7-8(16(18)19)15(5-14-7)4-6(17)1-2-9(11,12)13/h5H,1-4H2;5H,1-4H2. The number of ketones is 2. The van der Waals surface area contributed by atoms with Crippen LogP contribution in [0.15, 0.2) is 12.7 Å². The van der Waals surface area contributed by atoms with Crippen molar-refractivity contribution in [2.24, 2.45) is 0 Å². The highest BCUT2D eigenvalue weighted by atomic mass is 19.4. The molecule has 0 bridgehead atoms. The summed E-state index contributed by atoms with van der Waals surface area (Å²) >= 11 is 0. The Bertz CT molecular complexity index is 1240. The van der Waals surface area contributed by atoms with Gasteiger partial charge in [0.05, 0.1) is 6.42 Å². The molecule has 2 aromatic heterocycles. The molecule has 12 nitrogen and oxygen atoms in total. The van der Waals surface area contributed by atoms with Gasteiger partial charge in [-0.2, -0.15) is 35.1 Å². The molecule has 0 N–H and O–H groups in total. The molecule has 0 spiro atoms. The molecule has 2 aromatic rings. The Morgan fingerprint density at radius 1 is 0.732 bits per heavy atom. The quantitative estimate of drug-likeness (QED) is 0.173. The van der Waals surface area contributed by atoms with Crippen molar-refractivity contribution >= 4 is 23.2 Å². The maximum Gasteiger partial charge on any atom is 0.453 e. The molecule has 0 aliphatic rings. The molecule has 0 saturated heterocycles. The third-order valence-corrected chi connectivity index (χ3v) is 4.88. The van der Waals surface area contributed by atoms with Gasteiger partial charge in [0, 0.05) is 19.3 Å². The van der Waals surface area contributed by atoms with Gasteiger partial charge in [-0.15, -0.1) is 0 Å². The van der Waals surface area contributed by atoms with E-state index in [1.165, 1.54) is 0 Å². The van der Waals surface area contributed by atoms with E-state index in [1.807, 2.05) is 0 Å². The summed E-state index contributed by atoms with van der Waals surface area (Å²) in [5, 5.41) is 21.3. The van der Waals surface area contributed by atoms with Crippen molar-refractivity contribution in [2.45, 2.75) is 70.4 Å². The molecule has 2 rings (SSSR count). The molecular weight excluding hydrogens is 598 g/mol. The van der Waals surface area contributed by atoms with Crippen molar-refractivity contribution in [3.05, 3.63) is 44.3 Å². The Kier molecular flexibility index (Phi) is 11.9. The minimum Gasteiger partial charge on any atom is -0.358 e. The van der Waals surface area contributed by atoms with Gasteiger partial charge < -0.3 is 20.2 Å². The number of carbonyl (C=O) groups is 2. The molecule has 0 aliphatic carbocycles. The largest absolute Gasteiger partial charge is 0.453 e. The van der Waals surface area contributed by atoms with Crippen LogP contribution < -0.4 is 0 Å². The van der Waals surface area contributed by atoms with Crippen molar-refractivity contribution in [1.29, 1.82) is 0 Å². The second-order valence-corrected chi connectivity index (χ2v) is 7.96. The zero-order chi connectivity index (χ0) is 31.8. The van der Waals surface area contributed by atoms with Crippen LogP contribution in [0.5, 0.6) is 0 Å². The number of carbonyl (C=O) groups excluding carboxylic acids is 2. The number of Topliss-reactive ketones (excluding diaryl/α,β-unsaturated/α-hetero) is 2. The molecule has 0 unspecified atom stereocenters. The first-order valence-electron chi connectivity index (χ1n) is 10.8. The Hall–Kier alpha value is -4.14. The van der Waals surface area contributed by atoms with Gasteiger partial charge in [-0.05, 0) is 9.85 Å². The first-order valence-corrected chi connectivity index (χ1v) is 10.8. The maximum absolute atomic E-state index is 12.6. The fourth-order valence-electron chi connectivity index (χ4n) is 2.93. The first-order chi connectivity index (χ1) is 18.7. The topological polar surface area (TPSA) is 156 Å². The Labute approximate surface area is 221 Å². The van der Waals surface area contributed by atoms with E-state index in [2.05, 4.69) is 9.97 Å². The van der Waals surface area contributed by atoms with Crippen LogP contribution in [0.4, 0.5) is 55.5 Å². The van der Waals surface area contributed by atoms with Crippen LogP contribution in [-0.2, 0) is 36.0 Å². The minimum absolute atomic E-state index is 0.464. The number of imidazole rings is 2. The lowest BCUT2D eigenvalue weighted by atomic mass is 10.1. The van der Waals surface area contributed by atoms with E-state index in [1.54, 1.807) is 0 Å². The lowest BCUT2D eigenvalue weighted by Gasteiger charge is -2.18. The molecule has 2 heterocycles. The molecule has 41 heavy (non-hydrogen) atoms. The predicted molar refractivity (Wildman–Crippen MR) is 113 cm³/mol. The van der Waals surface area contributed by atoms with Gasteiger partial charge in [0.1, 0.15) is 13.3 Å². The summed E-state index contributed by atoms with van der Waals surface area (Å²) in [7, 11) is 0. The third-order valence-electron chi connectivity index (χ3n) is 4.88. The number of hydrogen-bond acceptors (Lipinski definition) is 8. The van der Waals surface area contributed by atoms with E-state index in [-0.39, 0.29) is 0 Å².